The molecule has 1 fully saturated rings. The number of aliphatic carboxylic acids is 2. The number of aliphatic hydroxyl groups excluding tert-OH is 4. The molecule has 0 aliphatic carbocycles. The molecule has 5 rings (SSSR count). The molecule has 1 aliphatic heterocycles. The van der Waals surface area contributed by atoms with E-state index in [2.05, 4.69) is 4.74 Å². The third-order valence-corrected chi connectivity index (χ3v) is 8.97. The molecule has 0 unspecified atom stereocenters. The normalized spacial score (nSPS) is 20.0. The highest BCUT2D eigenvalue weighted by molar-refractivity contribution is 6.31. The summed E-state index contributed by atoms with van der Waals surface area (Å²) in [5, 5.41) is 57.3. The van der Waals surface area contributed by atoms with Crippen molar-refractivity contribution < 1.29 is 67.6 Å². The zero-order valence-electron chi connectivity index (χ0n) is 31.2. The minimum Gasteiger partial charge on any atom is -0.491 e. The van der Waals surface area contributed by atoms with E-state index in [4.69, 9.17) is 42.8 Å². The van der Waals surface area contributed by atoms with Crippen LogP contribution in [0, 0.1) is 0 Å². The molecule has 4 aromatic carbocycles. The number of hydrogen-bond donors (Lipinski definition) is 8. The summed E-state index contributed by atoms with van der Waals surface area (Å²) >= 11 is 6.34. The van der Waals surface area contributed by atoms with Crippen molar-refractivity contribution >= 4 is 23.5 Å². The van der Waals surface area contributed by atoms with Gasteiger partial charge >= 0.3 is 18.1 Å². The van der Waals surface area contributed by atoms with Crippen LogP contribution in [0.15, 0.2) is 103 Å². The molecule has 13 nitrogen and oxygen atoms in total. The fourth-order valence-electron chi connectivity index (χ4n) is 5.52. The second kappa shape index (κ2) is 23.7. The van der Waals surface area contributed by atoms with Gasteiger partial charge in [-0.3, -0.25) is 9.59 Å². The van der Waals surface area contributed by atoms with Crippen LogP contribution in [0.5, 0.6) is 5.75 Å². The summed E-state index contributed by atoms with van der Waals surface area (Å²) in [6.45, 7) is -2.06. The van der Waals surface area contributed by atoms with Crippen LogP contribution < -0.4 is 16.2 Å². The average Bonchev–Trinajstić information content (AvgIpc) is 3.19. The molecule has 10 N–H and O–H groups in total. The molecule has 58 heavy (non-hydrogen) atoms. The van der Waals surface area contributed by atoms with Crippen LogP contribution in [0.25, 0.3) is 0 Å². The number of carboxylic acid groups (broad SMARTS) is 2. The Bertz CT molecular complexity index is 1770. The molecule has 0 spiro atoms. The van der Waals surface area contributed by atoms with E-state index < -0.39 is 73.9 Å². The Hall–Kier alpha value is -4.62. The van der Waals surface area contributed by atoms with Crippen molar-refractivity contribution in [2.45, 2.75) is 68.0 Å². The van der Waals surface area contributed by atoms with E-state index in [0.29, 0.717) is 41.2 Å². The third-order valence-electron chi connectivity index (χ3n) is 8.60. The lowest BCUT2D eigenvalue weighted by Gasteiger charge is -2.40. The van der Waals surface area contributed by atoms with Crippen LogP contribution in [-0.4, -0.2) is 112 Å². The number of carbonyl (C=O) groups is 2. The van der Waals surface area contributed by atoms with E-state index >= 15 is 0 Å². The minimum atomic E-state index is -4.37. The topological polar surface area (TPSA) is 235 Å². The van der Waals surface area contributed by atoms with Gasteiger partial charge in [-0.25, -0.2) is 0 Å². The summed E-state index contributed by atoms with van der Waals surface area (Å²) in [5.41, 5.74) is 14.7. The standard InChI is InChI=1S/C23H26ClF3O7.2C9H11NO2/c24-17-6-3-14(22-21(31)20(30)19(29)18(11-28)34-22)10-15(17)9-13-1-4-16(5-2-13)33-8-7-32-12-23(25,26)27;2*10-8(9(11)12)6-7-4-2-1-3-5-7/h1-6,10,18-22,28-31H,7-9,11-12H2;2*1-5,8H,6,10H2,(H,11,12)/t18-,19-,20+,21-,22+;2*8-/m100/s1. The second-order valence-electron chi connectivity index (χ2n) is 13.2. The van der Waals surface area contributed by atoms with E-state index in [1.54, 1.807) is 42.5 Å². The van der Waals surface area contributed by atoms with Gasteiger partial charge in [0.15, 0.2) is 0 Å². The van der Waals surface area contributed by atoms with Gasteiger partial charge in [0.1, 0.15) is 61.6 Å². The first-order valence-corrected chi connectivity index (χ1v) is 18.4. The van der Waals surface area contributed by atoms with Gasteiger partial charge < -0.3 is 56.3 Å². The number of rotatable bonds is 15. The van der Waals surface area contributed by atoms with Crippen LogP contribution in [0.2, 0.25) is 5.02 Å². The summed E-state index contributed by atoms with van der Waals surface area (Å²) in [4.78, 5) is 20.8. The Labute approximate surface area is 338 Å². The van der Waals surface area contributed by atoms with Crippen molar-refractivity contribution in [1.29, 1.82) is 0 Å². The molecule has 17 heteroatoms. The summed E-state index contributed by atoms with van der Waals surface area (Å²) in [6.07, 6.45) is -9.50. The first kappa shape index (κ1) is 47.8. The highest BCUT2D eigenvalue weighted by atomic mass is 35.5. The molecule has 4 aromatic rings. The molecular weight excluding hydrogens is 789 g/mol. The lowest BCUT2D eigenvalue weighted by molar-refractivity contribution is -0.231. The SMILES string of the molecule is N[C@@H](Cc1ccccc1)C(=O)O.N[C@@H](Cc1ccccc1)C(=O)O.OC[C@H]1O[C@@H](c2ccc(Cl)c(Cc3ccc(OCCOCC(F)(F)F)cc3)c2)[C@H](O)[C@@H](O)[C@@H]1O. The fourth-order valence-corrected chi connectivity index (χ4v) is 5.71. The van der Waals surface area contributed by atoms with E-state index in [1.165, 1.54) is 0 Å². The van der Waals surface area contributed by atoms with Crippen molar-refractivity contribution in [3.63, 3.8) is 0 Å². The van der Waals surface area contributed by atoms with E-state index in [9.17, 15) is 43.2 Å². The van der Waals surface area contributed by atoms with E-state index in [1.807, 2.05) is 60.7 Å². The zero-order valence-corrected chi connectivity index (χ0v) is 32.0. The highest BCUT2D eigenvalue weighted by Gasteiger charge is 2.44. The maximum atomic E-state index is 12.0. The van der Waals surface area contributed by atoms with E-state index in [-0.39, 0.29) is 13.2 Å². The predicted molar refractivity (Wildman–Crippen MR) is 207 cm³/mol. The smallest absolute Gasteiger partial charge is 0.411 e. The van der Waals surface area contributed by atoms with Crippen LogP contribution in [0.4, 0.5) is 13.2 Å². The van der Waals surface area contributed by atoms with Crippen LogP contribution in [-0.2, 0) is 38.3 Å². The summed E-state index contributed by atoms with van der Waals surface area (Å²) in [7, 11) is 0. The lowest BCUT2D eigenvalue weighted by Crippen LogP contribution is -2.55. The fraction of sp³-hybridized carbons (Fsp3) is 0.366. The molecule has 0 amide bonds. The van der Waals surface area contributed by atoms with Gasteiger partial charge in [0, 0.05) is 5.02 Å². The number of aliphatic hydroxyl groups is 4. The van der Waals surface area contributed by atoms with Gasteiger partial charge in [-0.15, -0.1) is 0 Å². The molecule has 7 atom stereocenters. The van der Waals surface area contributed by atoms with Crippen LogP contribution in [0.3, 0.4) is 0 Å². The quantitative estimate of drug-likeness (QED) is 0.0800. The lowest BCUT2D eigenvalue weighted by atomic mass is 9.90. The molecule has 1 heterocycles. The number of halogens is 4. The third kappa shape index (κ3) is 16.3. The summed E-state index contributed by atoms with van der Waals surface area (Å²) in [6, 6.07) is 29.0. The Morgan fingerprint density at radius 1 is 0.741 bits per heavy atom. The number of nitrogens with two attached hydrogens (primary N) is 2. The first-order chi connectivity index (χ1) is 27.5. The van der Waals surface area contributed by atoms with Crippen LogP contribution >= 0.6 is 11.6 Å². The van der Waals surface area contributed by atoms with Gasteiger partial charge in [-0.1, -0.05) is 96.5 Å². The Kier molecular flexibility index (Phi) is 19.5. The first-order valence-electron chi connectivity index (χ1n) is 18.0. The van der Waals surface area contributed by atoms with Gasteiger partial charge in [-0.2, -0.15) is 13.2 Å². The number of benzene rings is 4. The van der Waals surface area contributed by atoms with Crippen molar-refractivity contribution in [3.05, 3.63) is 136 Å². The maximum Gasteiger partial charge on any atom is 0.411 e. The monoisotopic (exact) mass is 836 g/mol. The molecule has 1 saturated heterocycles. The largest absolute Gasteiger partial charge is 0.491 e. The van der Waals surface area contributed by atoms with Crippen molar-refractivity contribution in [2.75, 3.05) is 26.4 Å². The van der Waals surface area contributed by atoms with Gasteiger partial charge in [0.05, 0.1) is 13.2 Å². The summed E-state index contributed by atoms with van der Waals surface area (Å²) < 4.78 is 51.6. The Morgan fingerprint density at radius 3 is 1.76 bits per heavy atom. The van der Waals surface area contributed by atoms with Crippen molar-refractivity contribution in [2.24, 2.45) is 11.5 Å². The number of alkyl halides is 3. The zero-order chi connectivity index (χ0) is 42.8. The predicted octanol–water partition coefficient (Wildman–Crippen LogP) is 3.69. The van der Waals surface area contributed by atoms with Crippen molar-refractivity contribution in [1.82, 2.24) is 0 Å². The molecule has 316 valence electrons. The average molecular weight is 837 g/mol. The van der Waals surface area contributed by atoms with Crippen LogP contribution in [0.1, 0.15) is 33.9 Å². The van der Waals surface area contributed by atoms with Gasteiger partial charge in [0.25, 0.3) is 0 Å². The van der Waals surface area contributed by atoms with Crippen molar-refractivity contribution in [3.8, 4) is 5.75 Å². The molecule has 0 aromatic heterocycles. The van der Waals surface area contributed by atoms with E-state index in [0.717, 1.165) is 16.7 Å². The molecular formula is C41H48ClF3N2O11. The minimum absolute atomic E-state index is 0.0254. The Balaban J connectivity index is 0.000000303. The maximum absolute atomic E-state index is 12.0. The van der Waals surface area contributed by atoms with Gasteiger partial charge in [-0.05, 0) is 65.3 Å². The second-order valence-corrected chi connectivity index (χ2v) is 13.6. The molecule has 0 radical (unpaired) electrons. The molecule has 0 saturated carbocycles. The highest BCUT2D eigenvalue weighted by Crippen LogP contribution is 2.34. The number of hydrogen-bond acceptors (Lipinski definition) is 11. The molecule has 1 aliphatic rings. The Morgan fingerprint density at radius 2 is 1.28 bits per heavy atom. The number of ether oxygens (including phenoxy) is 3. The molecule has 0 bridgehead atoms. The summed E-state index contributed by atoms with van der Waals surface area (Å²) in [5.74, 6) is -1.45. The number of carboxylic acids is 2. The van der Waals surface area contributed by atoms with Gasteiger partial charge in [0.2, 0.25) is 0 Å².